The van der Waals surface area contributed by atoms with Crippen LogP contribution in [0.4, 0.5) is 5.69 Å². The molecule has 1 amide bonds. The van der Waals surface area contributed by atoms with Crippen LogP contribution in [0.2, 0.25) is 0 Å². The van der Waals surface area contributed by atoms with E-state index >= 15 is 0 Å². The SMILES string of the molecule is CC(C)(C)c1ccccc1NC(=O)C1CSCCS1. The lowest BCUT2D eigenvalue weighted by atomic mass is 9.86. The minimum Gasteiger partial charge on any atom is -0.325 e. The first-order chi connectivity index (χ1) is 8.98. The van der Waals surface area contributed by atoms with Crippen LogP contribution in [0.1, 0.15) is 26.3 Å². The highest BCUT2D eigenvalue weighted by Gasteiger charge is 2.24. The highest BCUT2D eigenvalue weighted by molar-refractivity contribution is 8.07. The van der Waals surface area contributed by atoms with E-state index in [1.165, 1.54) is 5.56 Å². The second kappa shape index (κ2) is 6.23. The molecule has 2 rings (SSSR count). The maximum atomic E-state index is 12.3. The Morgan fingerprint density at radius 3 is 2.63 bits per heavy atom. The molecule has 1 atom stereocenters. The van der Waals surface area contributed by atoms with E-state index in [9.17, 15) is 4.79 Å². The first kappa shape index (κ1) is 14.8. The number of amides is 1. The molecule has 1 N–H and O–H groups in total. The number of carbonyl (C=O) groups excluding carboxylic acids is 1. The molecule has 0 radical (unpaired) electrons. The lowest BCUT2D eigenvalue weighted by molar-refractivity contribution is -0.115. The molecule has 104 valence electrons. The van der Waals surface area contributed by atoms with Crippen LogP contribution in [0.25, 0.3) is 0 Å². The standard InChI is InChI=1S/C15H21NOS2/c1-15(2,3)11-6-4-5-7-12(11)16-14(17)13-10-18-8-9-19-13/h4-7,13H,8-10H2,1-3H3,(H,16,17). The van der Waals surface area contributed by atoms with Crippen molar-refractivity contribution in [2.75, 3.05) is 22.6 Å². The third kappa shape index (κ3) is 3.93. The van der Waals surface area contributed by atoms with Gasteiger partial charge >= 0.3 is 0 Å². The van der Waals surface area contributed by atoms with Crippen LogP contribution in [0.5, 0.6) is 0 Å². The van der Waals surface area contributed by atoms with Gasteiger partial charge in [-0.1, -0.05) is 39.0 Å². The minimum atomic E-state index is 0.0400. The van der Waals surface area contributed by atoms with E-state index in [1.54, 1.807) is 11.8 Å². The molecule has 1 aliphatic rings. The second-order valence-electron chi connectivity index (χ2n) is 5.72. The molecule has 1 heterocycles. The summed E-state index contributed by atoms with van der Waals surface area (Å²) in [6, 6.07) is 8.10. The smallest absolute Gasteiger partial charge is 0.238 e. The quantitative estimate of drug-likeness (QED) is 0.900. The summed E-state index contributed by atoms with van der Waals surface area (Å²) in [5.41, 5.74) is 2.19. The molecule has 0 bridgehead atoms. The fourth-order valence-corrected chi connectivity index (χ4v) is 4.66. The van der Waals surface area contributed by atoms with E-state index in [0.717, 1.165) is 22.9 Å². The van der Waals surface area contributed by atoms with E-state index in [1.807, 2.05) is 30.0 Å². The van der Waals surface area contributed by atoms with E-state index in [4.69, 9.17) is 0 Å². The molecule has 1 aromatic rings. The van der Waals surface area contributed by atoms with Crippen LogP contribution < -0.4 is 5.32 Å². The van der Waals surface area contributed by atoms with Crippen molar-refractivity contribution in [1.82, 2.24) is 0 Å². The predicted octanol–water partition coefficient (Wildman–Crippen LogP) is 3.77. The number of hydrogen-bond donors (Lipinski definition) is 1. The fourth-order valence-electron chi connectivity index (χ4n) is 2.10. The van der Waals surface area contributed by atoms with Crippen molar-refractivity contribution < 1.29 is 4.79 Å². The first-order valence-corrected chi connectivity index (χ1v) is 8.78. The molecule has 1 unspecified atom stereocenters. The summed E-state index contributed by atoms with van der Waals surface area (Å²) >= 11 is 3.64. The van der Waals surface area contributed by atoms with Gasteiger partial charge in [-0.2, -0.15) is 11.8 Å². The van der Waals surface area contributed by atoms with E-state index < -0.39 is 0 Å². The lowest BCUT2D eigenvalue weighted by Crippen LogP contribution is -2.31. The second-order valence-corrected chi connectivity index (χ2v) is 8.18. The third-order valence-electron chi connectivity index (χ3n) is 3.10. The number of rotatable bonds is 2. The number of benzene rings is 1. The Hall–Kier alpha value is -0.610. The third-order valence-corrected chi connectivity index (χ3v) is 5.86. The average molecular weight is 295 g/mol. The van der Waals surface area contributed by atoms with Gasteiger partial charge in [0.1, 0.15) is 0 Å². The van der Waals surface area contributed by atoms with Gasteiger partial charge < -0.3 is 5.32 Å². The van der Waals surface area contributed by atoms with E-state index in [-0.39, 0.29) is 16.6 Å². The Morgan fingerprint density at radius 1 is 1.26 bits per heavy atom. The van der Waals surface area contributed by atoms with Gasteiger partial charge in [0, 0.05) is 22.9 Å². The van der Waals surface area contributed by atoms with Crippen molar-refractivity contribution in [3.05, 3.63) is 29.8 Å². The van der Waals surface area contributed by atoms with Gasteiger partial charge in [-0.05, 0) is 17.0 Å². The van der Waals surface area contributed by atoms with Crippen LogP contribution >= 0.6 is 23.5 Å². The van der Waals surface area contributed by atoms with Gasteiger partial charge in [-0.15, -0.1) is 11.8 Å². The Morgan fingerprint density at radius 2 is 2.00 bits per heavy atom. The van der Waals surface area contributed by atoms with Gasteiger partial charge in [0.25, 0.3) is 0 Å². The number of hydrogen-bond acceptors (Lipinski definition) is 3. The normalized spacial score (nSPS) is 20.1. The molecule has 1 fully saturated rings. The minimum absolute atomic E-state index is 0.0400. The molecule has 0 spiro atoms. The zero-order chi connectivity index (χ0) is 13.9. The summed E-state index contributed by atoms with van der Waals surface area (Å²) in [5, 5.41) is 3.20. The Labute approximate surface area is 124 Å². The van der Waals surface area contributed by atoms with Gasteiger partial charge in [-0.25, -0.2) is 0 Å². The summed E-state index contributed by atoms with van der Waals surface area (Å²) in [6.45, 7) is 6.51. The molecule has 1 aliphatic heterocycles. The zero-order valence-corrected chi connectivity index (χ0v) is 13.4. The van der Waals surface area contributed by atoms with E-state index in [2.05, 4.69) is 32.2 Å². The fraction of sp³-hybridized carbons (Fsp3) is 0.533. The van der Waals surface area contributed by atoms with Crippen LogP contribution in [-0.2, 0) is 10.2 Å². The molecular formula is C15H21NOS2. The summed E-state index contributed by atoms with van der Waals surface area (Å²) in [4.78, 5) is 12.3. The Kier molecular flexibility index (Phi) is 4.85. The molecule has 0 saturated carbocycles. The topological polar surface area (TPSA) is 29.1 Å². The van der Waals surface area contributed by atoms with Crippen LogP contribution in [-0.4, -0.2) is 28.4 Å². The van der Waals surface area contributed by atoms with Crippen molar-refractivity contribution in [3.8, 4) is 0 Å². The molecule has 1 saturated heterocycles. The molecule has 0 aromatic heterocycles. The summed E-state index contributed by atoms with van der Waals surface area (Å²) in [5.74, 6) is 3.30. The number of anilines is 1. The zero-order valence-electron chi connectivity index (χ0n) is 11.7. The van der Waals surface area contributed by atoms with Crippen LogP contribution in [0, 0.1) is 0 Å². The molecule has 2 nitrogen and oxygen atoms in total. The van der Waals surface area contributed by atoms with Crippen molar-refractivity contribution >= 4 is 35.1 Å². The van der Waals surface area contributed by atoms with Gasteiger partial charge in [0.05, 0.1) is 5.25 Å². The van der Waals surface area contributed by atoms with Crippen molar-refractivity contribution in [2.45, 2.75) is 31.4 Å². The van der Waals surface area contributed by atoms with Crippen LogP contribution in [0.3, 0.4) is 0 Å². The largest absolute Gasteiger partial charge is 0.325 e. The highest BCUT2D eigenvalue weighted by atomic mass is 32.2. The monoisotopic (exact) mass is 295 g/mol. The lowest BCUT2D eigenvalue weighted by Gasteiger charge is -2.25. The molecular weight excluding hydrogens is 274 g/mol. The molecule has 4 heteroatoms. The first-order valence-electron chi connectivity index (χ1n) is 6.58. The average Bonchev–Trinajstić information content (AvgIpc) is 2.39. The van der Waals surface area contributed by atoms with Crippen LogP contribution in [0.15, 0.2) is 24.3 Å². The molecule has 1 aromatic carbocycles. The molecule has 19 heavy (non-hydrogen) atoms. The predicted molar refractivity (Wildman–Crippen MR) is 87.3 cm³/mol. The van der Waals surface area contributed by atoms with Crippen molar-refractivity contribution in [1.29, 1.82) is 0 Å². The van der Waals surface area contributed by atoms with Gasteiger partial charge in [0.2, 0.25) is 5.91 Å². The highest BCUT2D eigenvalue weighted by Crippen LogP contribution is 2.30. The number of thioether (sulfide) groups is 2. The number of carbonyl (C=O) groups is 1. The maximum absolute atomic E-state index is 12.3. The summed E-state index contributed by atoms with van der Waals surface area (Å²) in [7, 11) is 0. The Bertz CT molecular complexity index is 448. The summed E-state index contributed by atoms with van der Waals surface area (Å²) in [6.07, 6.45) is 0. The van der Waals surface area contributed by atoms with Crippen molar-refractivity contribution in [2.24, 2.45) is 0 Å². The number of para-hydroxylation sites is 1. The Balaban J connectivity index is 2.12. The number of nitrogens with one attached hydrogen (secondary N) is 1. The van der Waals surface area contributed by atoms with Gasteiger partial charge in [-0.3, -0.25) is 4.79 Å². The van der Waals surface area contributed by atoms with Gasteiger partial charge in [0.15, 0.2) is 0 Å². The van der Waals surface area contributed by atoms with E-state index in [0.29, 0.717) is 0 Å². The maximum Gasteiger partial charge on any atom is 0.238 e. The summed E-state index contributed by atoms with van der Waals surface area (Å²) < 4.78 is 0. The molecule has 0 aliphatic carbocycles. The van der Waals surface area contributed by atoms with Crippen molar-refractivity contribution in [3.63, 3.8) is 0 Å².